The van der Waals surface area contributed by atoms with Crippen LogP contribution >= 0.6 is 10.4 Å². The van der Waals surface area contributed by atoms with Crippen molar-refractivity contribution in [1.29, 1.82) is 0 Å². The molecule has 2 heteroatoms. The highest BCUT2D eigenvalue weighted by Gasteiger charge is 2.12. The lowest BCUT2D eigenvalue weighted by atomic mass is 10.6. The molecular weight excluding hydrogens is 111 g/mol. The summed E-state index contributed by atoms with van der Waals surface area (Å²) in [6, 6.07) is 0. The Morgan fingerprint density at radius 2 is 1.43 bits per heavy atom. The molecule has 0 aliphatic rings. The third kappa shape index (κ3) is 2.92. The molecule has 0 aromatic heterocycles. The summed E-state index contributed by atoms with van der Waals surface area (Å²) in [4.78, 5) is 0. The van der Waals surface area contributed by atoms with Gasteiger partial charge in [0.05, 0.1) is 0 Å². The van der Waals surface area contributed by atoms with Crippen molar-refractivity contribution in [1.82, 2.24) is 0 Å². The van der Waals surface area contributed by atoms with Crippen molar-refractivity contribution in [3.05, 3.63) is 0 Å². The Labute approximate surface area is 46.7 Å². The second-order valence-corrected chi connectivity index (χ2v) is 5.82. The fraction of sp³-hybridized carbons (Fsp3) is 1.00. The molecule has 0 unspecified atom stereocenters. The Kier molecular flexibility index (Phi) is 2.11. The van der Waals surface area contributed by atoms with E-state index >= 15 is 0 Å². The summed E-state index contributed by atoms with van der Waals surface area (Å²) < 4.78 is 12.6. The minimum Gasteiger partial charge on any atom is -0.190 e. The first-order valence-corrected chi connectivity index (χ1v) is 4.77. The topological polar surface area (TPSA) is 0 Å². The van der Waals surface area contributed by atoms with Crippen LogP contribution in [0.25, 0.3) is 0 Å². The molecule has 46 valence electrons. The second-order valence-electron chi connectivity index (χ2n) is 2.33. The van der Waals surface area contributed by atoms with Crippen LogP contribution in [0.1, 0.15) is 13.8 Å². The van der Waals surface area contributed by atoms with E-state index in [1.165, 1.54) is 0 Å². The molecule has 0 amide bonds. The lowest BCUT2D eigenvalue weighted by Crippen LogP contribution is -2.01. The van der Waals surface area contributed by atoms with Crippen LogP contribution in [0.2, 0.25) is 0 Å². The maximum Gasteiger partial charge on any atom is 0.00877 e. The predicted octanol–water partition coefficient (Wildman–Crippen LogP) is 2.34. The van der Waals surface area contributed by atoms with Crippen LogP contribution in [-0.4, -0.2) is 17.8 Å². The normalized spacial score (nSPS) is 15.1. The Hall–Kier alpha value is 0.280. The minimum atomic E-state index is -1.74. The van der Waals surface area contributed by atoms with Gasteiger partial charge < -0.3 is 0 Å². The van der Waals surface area contributed by atoms with E-state index in [-0.39, 0.29) is 5.25 Å². The van der Waals surface area contributed by atoms with Crippen LogP contribution in [0.3, 0.4) is 0 Å². The lowest BCUT2D eigenvalue weighted by molar-refractivity contribution is 0.866. The van der Waals surface area contributed by atoms with Gasteiger partial charge in [-0.1, -0.05) is 24.3 Å². The maximum atomic E-state index is 12.6. The van der Waals surface area contributed by atoms with Gasteiger partial charge in [0.1, 0.15) is 0 Å². The molecule has 0 bridgehead atoms. The minimum absolute atomic E-state index is 0.215. The molecule has 0 saturated carbocycles. The van der Waals surface area contributed by atoms with Crippen LogP contribution in [-0.2, 0) is 0 Å². The Morgan fingerprint density at radius 1 is 1.29 bits per heavy atom. The van der Waals surface area contributed by atoms with Crippen molar-refractivity contribution in [2.45, 2.75) is 19.1 Å². The smallest absolute Gasteiger partial charge is 0.00877 e. The first-order chi connectivity index (χ1) is 2.94. The summed E-state index contributed by atoms with van der Waals surface area (Å²) in [5, 5.41) is 0.215. The third-order valence-corrected chi connectivity index (χ3v) is 3.36. The van der Waals surface area contributed by atoms with Crippen LogP contribution in [0.4, 0.5) is 3.89 Å². The van der Waals surface area contributed by atoms with Gasteiger partial charge in [-0.3, -0.25) is 0 Å². The molecule has 0 aliphatic carbocycles. The van der Waals surface area contributed by atoms with E-state index in [0.29, 0.717) is 0 Å². The van der Waals surface area contributed by atoms with Crippen molar-refractivity contribution in [3.8, 4) is 0 Å². The van der Waals surface area contributed by atoms with Gasteiger partial charge in [-0.15, -0.1) is 0 Å². The largest absolute Gasteiger partial charge is 0.190 e. The summed E-state index contributed by atoms with van der Waals surface area (Å²) in [5.74, 6) is 0. The summed E-state index contributed by atoms with van der Waals surface area (Å²) in [6.07, 6.45) is 3.36. The zero-order chi connectivity index (χ0) is 6.08. The molecule has 7 heavy (non-hydrogen) atoms. The van der Waals surface area contributed by atoms with Crippen molar-refractivity contribution in [2.75, 3.05) is 12.5 Å². The number of halogens is 1. The van der Waals surface area contributed by atoms with E-state index in [1.54, 1.807) is 12.5 Å². The zero-order valence-electron chi connectivity index (χ0n) is 5.36. The van der Waals surface area contributed by atoms with Gasteiger partial charge in [0.25, 0.3) is 0 Å². The standard InChI is InChI=1S/C5H13FS/c1-5(2)7(3,4)6/h5H,1-4H3. The van der Waals surface area contributed by atoms with Gasteiger partial charge in [-0.05, 0) is 12.5 Å². The summed E-state index contributed by atoms with van der Waals surface area (Å²) >= 11 is 0. The second kappa shape index (κ2) is 2.03. The first kappa shape index (κ1) is 7.28. The van der Waals surface area contributed by atoms with Crippen LogP contribution < -0.4 is 0 Å². The third-order valence-electron chi connectivity index (χ3n) is 1.12. The first-order valence-electron chi connectivity index (χ1n) is 2.36. The number of hydrogen-bond donors (Lipinski definition) is 0. The van der Waals surface area contributed by atoms with Crippen molar-refractivity contribution in [3.63, 3.8) is 0 Å². The molecule has 0 radical (unpaired) electrons. The average molecular weight is 124 g/mol. The van der Waals surface area contributed by atoms with Crippen LogP contribution in [0.15, 0.2) is 0 Å². The SMILES string of the molecule is CC(C)S(C)(C)F. The highest BCUT2D eigenvalue weighted by atomic mass is 32.3. The molecule has 0 nitrogen and oxygen atoms in total. The van der Waals surface area contributed by atoms with E-state index in [0.717, 1.165) is 0 Å². The van der Waals surface area contributed by atoms with E-state index in [2.05, 4.69) is 0 Å². The molecule has 0 fully saturated rings. The van der Waals surface area contributed by atoms with E-state index in [9.17, 15) is 3.89 Å². The zero-order valence-corrected chi connectivity index (χ0v) is 6.18. The summed E-state index contributed by atoms with van der Waals surface area (Å²) in [6.45, 7) is 3.82. The molecule has 0 spiro atoms. The highest BCUT2D eigenvalue weighted by molar-refractivity contribution is 8.28. The Bertz CT molecular complexity index is 53.6. The van der Waals surface area contributed by atoms with Gasteiger partial charge in [-0.25, -0.2) is 0 Å². The summed E-state index contributed by atoms with van der Waals surface area (Å²) in [5.41, 5.74) is 0. The van der Waals surface area contributed by atoms with Crippen LogP contribution in [0.5, 0.6) is 0 Å². The van der Waals surface area contributed by atoms with Crippen molar-refractivity contribution in [2.24, 2.45) is 0 Å². The average Bonchev–Trinajstić information content (AvgIpc) is 1.31. The summed E-state index contributed by atoms with van der Waals surface area (Å²) in [7, 11) is -1.74. The van der Waals surface area contributed by atoms with E-state index < -0.39 is 10.4 Å². The lowest BCUT2D eigenvalue weighted by Gasteiger charge is -2.23. The van der Waals surface area contributed by atoms with Gasteiger partial charge in [0.2, 0.25) is 0 Å². The molecule has 0 atom stereocenters. The van der Waals surface area contributed by atoms with E-state index in [4.69, 9.17) is 0 Å². The molecule has 0 N–H and O–H groups in total. The maximum absolute atomic E-state index is 12.6. The Balaban J connectivity index is 3.54. The van der Waals surface area contributed by atoms with E-state index in [1.807, 2.05) is 13.8 Å². The molecule has 0 aliphatic heterocycles. The van der Waals surface area contributed by atoms with Gasteiger partial charge in [0, 0.05) is 5.25 Å². The number of rotatable bonds is 1. The molecule has 0 rings (SSSR count). The fourth-order valence-corrected chi connectivity index (χ4v) is 0. The monoisotopic (exact) mass is 124 g/mol. The predicted molar refractivity (Wildman–Crippen MR) is 35.7 cm³/mol. The molecular formula is C5H13FS. The number of hydrogen-bond acceptors (Lipinski definition) is 0. The quantitative estimate of drug-likeness (QED) is 0.503. The van der Waals surface area contributed by atoms with Crippen molar-refractivity contribution < 1.29 is 3.89 Å². The van der Waals surface area contributed by atoms with Crippen molar-refractivity contribution >= 4 is 10.4 Å². The Morgan fingerprint density at radius 3 is 1.43 bits per heavy atom. The molecule has 0 aromatic carbocycles. The highest BCUT2D eigenvalue weighted by Crippen LogP contribution is 2.45. The van der Waals surface area contributed by atoms with Crippen LogP contribution in [0, 0.1) is 0 Å². The molecule has 0 aromatic rings. The fourth-order valence-electron chi connectivity index (χ4n) is 0. The van der Waals surface area contributed by atoms with Gasteiger partial charge in [-0.2, -0.15) is 3.89 Å². The van der Waals surface area contributed by atoms with Gasteiger partial charge >= 0.3 is 0 Å². The molecule has 0 saturated heterocycles. The molecule has 0 heterocycles. The van der Waals surface area contributed by atoms with Gasteiger partial charge in [0.15, 0.2) is 0 Å².